The Labute approximate surface area is 238 Å². The summed E-state index contributed by atoms with van der Waals surface area (Å²) in [6, 6.07) is 8.98. The third-order valence-electron chi connectivity index (χ3n) is 6.32. The second kappa shape index (κ2) is 12.5. The number of alkyl halides is 6. The molecule has 0 bridgehead atoms. The van der Waals surface area contributed by atoms with Gasteiger partial charge in [0.05, 0.1) is 11.1 Å². The van der Waals surface area contributed by atoms with Crippen LogP contribution >= 0.6 is 0 Å². The van der Waals surface area contributed by atoms with E-state index in [1.54, 1.807) is 51.1 Å². The second-order valence-electron chi connectivity index (χ2n) is 11.0. The molecule has 1 saturated carbocycles. The Kier molecular flexibility index (Phi) is 9.68. The van der Waals surface area contributed by atoms with Gasteiger partial charge in [-0.25, -0.2) is 9.59 Å². The molecule has 0 aliphatic heterocycles. The first-order valence-corrected chi connectivity index (χ1v) is 12.9. The molecule has 3 amide bonds. The summed E-state index contributed by atoms with van der Waals surface area (Å²) >= 11 is 0. The Morgan fingerprint density at radius 3 is 2.02 bits per heavy atom. The molecule has 1 fully saturated rings. The standard InChI is InChI=1S/C28H31F6N3O5/c1-25(2,3)42-23(39)36-21-9-10-26(14-21,37-24(40)41-16-17-7-5-4-6-8-17)22(38)35-15-18-11-19(27(29,30)31)13-20(12-18)28(32,33)34/h4-8,11-13,21H,9-10,14-16H2,1-3H3,(H,35,38)(H,36,39)(H,37,40)/t21-,26-/m1/s1. The molecule has 0 heterocycles. The minimum atomic E-state index is -5.06. The summed E-state index contributed by atoms with van der Waals surface area (Å²) in [4.78, 5) is 38.4. The monoisotopic (exact) mass is 603 g/mol. The fourth-order valence-corrected chi connectivity index (χ4v) is 4.45. The predicted octanol–water partition coefficient (Wildman–Crippen LogP) is 6.08. The topological polar surface area (TPSA) is 106 Å². The zero-order chi connectivity index (χ0) is 31.3. The molecule has 1 aliphatic rings. The van der Waals surface area contributed by atoms with Crippen LogP contribution in [0.5, 0.6) is 0 Å². The van der Waals surface area contributed by atoms with E-state index in [0.717, 1.165) is 0 Å². The Balaban J connectivity index is 1.79. The number of alkyl carbamates (subject to hydrolysis) is 2. The molecule has 8 nitrogen and oxygen atoms in total. The highest BCUT2D eigenvalue weighted by atomic mass is 19.4. The molecule has 0 aromatic heterocycles. The molecule has 0 unspecified atom stereocenters. The van der Waals surface area contributed by atoms with E-state index < -0.39 is 70.9 Å². The van der Waals surface area contributed by atoms with E-state index in [-0.39, 0.29) is 31.9 Å². The first kappa shape index (κ1) is 32.5. The van der Waals surface area contributed by atoms with Gasteiger partial charge in [0, 0.05) is 12.6 Å². The third-order valence-corrected chi connectivity index (χ3v) is 6.32. The van der Waals surface area contributed by atoms with Crippen LogP contribution < -0.4 is 16.0 Å². The predicted molar refractivity (Wildman–Crippen MR) is 138 cm³/mol. The number of hydrogen-bond donors (Lipinski definition) is 3. The summed E-state index contributed by atoms with van der Waals surface area (Å²) in [5.41, 5.74) is -5.35. The lowest BCUT2D eigenvalue weighted by Gasteiger charge is -2.29. The molecule has 0 saturated heterocycles. The number of halogens is 6. The van der Waals surface area contributed by atoms with Crippen molar-refractivity contribution in [3.05, 3.63) is 70.8 Å². The Bertz CT molecular complexity index is 1250. The SMILES string of the molecule is CC(C)(C)OC(=O)N[C@@H]1CC[C@](NC(=O)OCc2ccccc2)(C(=O)NCc2cc(C(F)(F)F)cc(C(F)(F)F)c2)C1. The largest absolute Gasteiger partial charge is 0.445 e. The van der Waals surface area contributed by atoms with Crippen molar-refractivity contribution in [2.24, 2.45) is 0 Å². The molecular formula is C28H31F6N3O5. The molecule has 3 N–H and O–H groups in total. The van der Waals surface area contributed by atoms with Crippen LogP contribution in [0.4, 0.5) is 35.9 Å². The van der Waals surface area contributed by atoms with Gasteiger partial charge in [0.15, 0.2) is 0 Å². The minimum absolute atomic E-state index is 0.0129. The van der Waals surface area contributed by atoms with Crippen LogP contribution in [-0.2, 0) is 39.8 Å². The summed E-state index contributed by atoms with van der Waals surface area (Å²) in [5.74, 6) is -0.876. The fourth-order valence-electron chi connectivity index (χ4n) is 4.45. The summed E-state index contributed by atoms with van der Waals surface area (Å²) in [7, 11) is 0. The highest BCUT2D eigenvalue weighted by molar-refractivity contribution is 5.90. The summed E-state index contributed by atoms with van der Waals surface area (Å²) in [5, 5.41) is 7.45. The van der Waals surface area contributed by atoms with Gasteiger partial charge in [-0.15, -0.1) is 0 Å². The molecular weight excluding hydrogens is 572 g/mol. The quantitative estimate of drug-likeness (QED) is 0.333. The van der Waals surface area contributed by atoms with Crippen molar-refractivity contribution in [1.82, 2.24) is 16.0 Å². The van der Waals surface area contributed by atoms with Crippen LogP contribution in [-0.4, -0.2) is 35.3 Å². The van der Waals surface area contributed by atoms with Crippen molar-refractivity contribution in [2.75, 3.05) is 0 Å². The van der Waals surface area contributed by atoms with Crippen LogP contribution in [0, 0.1) is 0 Å². The Morgan fingerprint density at radius 2 is 1.48 bits per heavy atom. The van der Waals surface area contributed by atoms with Crippen LogP contribution in [0.2, 0.25) is 0 Å². The lowest BCUT2D eigenvalue weighted by atomic mass is 9.95. The number of nitrogens with one attached hydrogen (secondary N) is 3. The molecule has 1 aliphatic carbocycles. The van der Waals surface area contributed by atoms with Crippen LogP contribution in [0.15, 0.2) is 48.5 Å². The first-order chi connectivity index (χ1) is 19.4. The van der Waals surface area contributed by atoms with E-state index in [2.05, 4.69) is 16.0 Å². The molecule has 0 radical (unpaired) electrons. The summed E-state index contributed by atoms with van der Waals surface area (Å²) in [6.07, 6.45) is -11.8. The Morgan fingerprint density at radius 1 is 0.881 bits per heavy atom. The maximum Gasteiger partial charge on any atom is 0.416 e. The molecule has 3 rings (SSSR count). The second-order valence-corrected chi connectivity index (χ2v) is 11.0. The third kappa shape index (κ3) is 9.28. The van der Waals surface area contributed by atoms with Crippen molar-refractivity contribution in [3.8, 4) is 0 Å². The van der Waals surface area contributed by atoms with Crippen molar-refractivity contribution in [1.29, 1.82) is 0 Å². The van der Waals surface area contributed by atoms with Gasteiger partial charge in [-0.2, -0.15) is 26.3 Å². The molecule has 2 aromatic carbocycles. The maximum atomic E-state index is 13.4. The van der Waals surface area contributed by atoms with Crippen molar-refractivity contribution < 1.29 is 50.2 Å². The van der Waals surface area contributed by atoms with Gasteiger partial charge in [-0.3, -0.25) is 4.79 Å². The summed E-state index contributed by atoms with van der Waals surface area (Å²) in [6.45, 7) is 4.14. The van der Waals surface area contributed by atoms with Gasteiger partial charge in [-0.05, 0) is 69.4 Å². The van der Waals surface area contributed by atoms with Crippen LogP contribution in [0.25, 0.3) is 0 Å². The molecule has 2 aromatic rings. The lowest BCUT2D eigenvalue weighted by molar-refractivity contribution is -0.143. The van der Waals surface area contributed by atoms with Gasteiger partial charge < -0.3 is 25.4 Å². The molecule has 2 atom stereocenters. The zero-order valence-corrected chi connectivity index (χ0v) is 23.0. The van der Waals surface area contributed by atoms with E-state index in [0.29, 0.717) is 17.7 Å². The number of rotatable bonds is 7. The van der Waals surface area contributed by atoms with Crippen LogP contribution in [0.3, 0.4) is 0 Å². The van der Waals surface area contributed by atoms with E-state index in [4.69, 9.17) is 9.47 Å². The van der Waals surface area contributed by atoms with Crippen molar-refractivity contribution in [2.45, 2.75) is 82.7 Å². The molecule has 230 valence electrons. The highest BCUT2D eigenvalue weighted by Gasteiger charge is 2.47. The normalized spacial score (nSPS) is 19.1. The smallest absolute Gasteiger partial charge is 0.416 e. The number of hydrogen-bond acceptors (Lipinski definition) is 5. The van der Waals surface area contributed by atoms with Crippen molar-refractivity contribution >= 4 is 18.1 Å². The van der Waals surface area contributed by atoms with Gasteiger partial charge >= 0.3 is 24.5 Å². The molecule has 42 heavy (non-hydrogen) atoms. The number of benzene rings is 2. The fraction of sp³-hybridized carbons (Fsp3) is 0.464. The highest BCUT2D eigenvalue weighted by Crippen LogP contribution is 2.37. The van der Waals surface area contributed by atoms with E-state index in [1.165, 1.54) is 0 Å². The van der Waals surface area contributed by atoms with Crippen molar-refractivity contribution in [3.63, 3.8) is 0 Å². The Hall–Kier alpha value is -3.97. The van der Waals surface area contributed by atoms with E-state index >= 15 is 0 Å². The summed E-state index contributed by atoms with van der Waals surface area (Å²) < 4.78 is 90.1. The maximum absolute atomic E-state index is 13.4. The van der Waals surface area contributed by atoms with Gasteiger partial charge in [0.25, 0.3) is 0 Å². The molecule has 0 spiro atoms. The van der Waals surface area contributed by atoms with Gasteiger partial charge in [-0.1, -0.05) is 30.3 Å². The minimum Gasteiger partial charge on any atom is -0.445 e. The zero-order valence-electron chi connectivity index (χ0n) is 23.0. The molecule has 14 heteroatoms. The number of ether oxygens (including phenoxy) is 2. The van der Waals surface area contributed by atoms with Gasteiger partial charge in [0.2, 0.25) is 5.91 Å². The van der Waals surface area contributed by atoms with Gasteiger partial charge in [0.1, 0.15) is 17.7 Å². The average Bonchev–Trinajstić information content (AvgIpc) is 3.27. The van der Waals surface area contributed by atoms with E-state index in [9.17, 15) is 40.7 Å². The van der Waals surface area contributed by atoms with E-state index in [1.807, 2.05) is 0 Å². The average molecular weight is 604 g/mol. The van der Waals surface area contributed by atoms with Crippen LogP contribution in [0.1, 0.15) is 62.3 Å². The number of carbonyl (C=O) groups is 3. The first-order valence-electron chi connectivity index (χ1n) is 12.9. The lowest BCUT2D eigenvalue weighted by Crippen LogP contribution is -2.58. The number of carbonyl (C=O) groups excluding carboxylic acids is 3. The number of amides is 3.